The molecule has 168 valence electrons. The summed E-state index contributed by atoms with van der Waals surface area (Å²) in [7, 11) is 0. The van der Waals surface area contributed by atoms with Gasteiger partial charge in [0.05, 0.1) is 46.8 Å². The van der Waals surface area contributed by atoms with Crippen LogP contribution in [0.5, 0.6) is 0 Å². The van der Waals surface area contributed by atoms with Crippen LogP contribution in [0.4, 0.5) is 0 Å². The number of hydrogen-bond donors (Lipinski definition) is 3. The Kier molecular flexibility index (Phi) is 4.92. The Morgan fingerprint density at radius 3 is 2.71 bits per heavy atom. The van der Waals surface area contributed by atoms with Gasteiger partial charge in [-0.3, -0.25) is 15.1 Å². The molecule has 0 radical (unpaired) electrons. The first-order valence-electron chi connectivity index (χ1n) is 11.3. The Balaban J connectivity index is 1.44. The van der Waals surface area contributed by atoms with E-state index < -0.39 is 0 Å². The maximum absolute atomic E-state index is 4.64. The lowest BCUT2D eigenvalue weighted by atomic mass is 10.0. The molecule has 8 nitrogen and oxygen atoms in total. The minimum atomic E-state index is 0.804. The molecule has 5 heterocycles. The molecule has 0 bridgehead atoms. The maximum Gasteiger partial charge on any atom is 0.116 e. The molecule has 3 N–H and O–H groups in total. The largest absolute Gasteiger partial charge is 0.352 e. The molecule has 0 saturated carbocycles. The van der Waals surface area contributed by atoms with Crippen molar-refractivity contribution >= 4 is 21.8 Å². The van der Waals surface area contributed by atoms with Crippen molar-refractivity contribution in [2.45, 2.75) is 20.4 Å². The second-order valence-electron chi connectivity index (χ2n) is 8.42. The Morgan fingerprint density at radius 2 is 1.85 bits per heavy atom. The lowest BCUT2D eigenvalue weighted by Gasteiger charge is -2.06. The van der Waals surface area contributed by atoms with Crippen molar-refractivity contribution in [2.24, 2.45) is 0 Å². The highest BCUT2D eigenvalue weighted by atomic mass is 15.1. The number of aryl methyl sites for hydroxylation is 1. The SMILES string of the molecule is CCNCc1cncc(-c2ccc3[nH]nc(-c4cc5c(-n6cnc(C)c6)cncc5[nH]4)c3c2)c1. The Bertz CT molecular complexity index is 1620. The normalized spacial score (nSPS) is 11.6. The van der Waals surface area contributed by atoms with Gasteiger partial charge in [0.1, 0.15) is 5.69 Å². The molecule has 5 aromatic heterocycles. The van der Waals surface area contributed by atoms with Gasteiger partial charge in [-0.1, -0.05) is 13.0 Å². The van der Waals surface area contributed by atoms with Gasteiger partial charge in [0.2, 0.25) is 0 Å². The number of hydrogen-bond acceptors (Lipinski definition) is 5. The lowest BCUT2D eigenvalue weighted by molar-refractivity contribution is 0.724. The van der Waals surface area contributed by atoms with Crippen LogP contribution in [-0.2, 0) is 6.54 Å². The molecule has 34 heavy (non-hydrogen) atoms. The average Bonchev–Trinajstić information content (AvgIpc) is 3.59. The van der Waals surface area contributed by atoms with Crippen LogP contribution in [0.2, 0.25) is 0 Å². The number of fused-ring (bicyclic) bond motifs is 2. The molecule has 0 aliphatic rings. The van der Waals surface area contributed by atoms with E-state index in [-0.39, 0.29) is 0 Å². The second kappa shape index (κ2) is 8.24. The van der Waals surface area contributed by atoms with Gasteiger partial charge in [0.15, 0.2) is 0 Å². The molecule has 0 unspecified atom stereocenters. The Hall–Kier alpha value is -4.30. The van der Waals surface area contributed by atoms with E-state index in [0.717, 1.165) is 74.4 Å². The number of imidazole rings is 1. The van der Waals surface area contributed by atoms with E-state index in [1.54, 1.807) is 0 Å². The maximum atomic E-state index is 4.64. The monoisotopic (exact) mass is 448 g/mol. The summed E-state index contributed by atoms with van der Waals surface area (Å²) in [4.78, 5) is 16.7. The number of aromatic nitrogens is 7. The number of benzene rings is 1. The van der Waals surface area contributed by atoms with E-state index in [4.69, 9.17) is 0 Å². The number of H-pyrrole nitrogens is 2. The highest BCUT2D eigenvalue weighted by molar-refractivity contribution is 5.99. The van der Waals surface area contributed by atoms with Crippen LogP contribution in [0, 0.1) is 6.92 Å². The van der Waals surface area contributed by atoms with E-state index in [1.807, 2.05) is 48.8 Å². The summed E-state index contributed by atoms with van der Waals surface area (Å²) in [6, 6.07) is 10.7. The van der Waals surface area contributed by atoms with Crippen LogP contribution in [-0.4, -0.2) is 41.2 Å². The molecule has 0 saturated heterocycles. The van der Waals surface area contributed by atoms with Crippen LogP contribution in [0.25, 0.3) is 50.0 Å². The van der Waals surface area contributed by atoms with E-state index in [2.05, 4.69) is 72.7 Å². The Morgan fingerprint density at radius 1 is 0.941 bits per heavy atom. The van der Waals surface area contributed by atoms with Crippen LogP contribution in [0.15, 0.2) is 67.6 Å². The molecule has 0 atom stereocenters. The first kappa shape index (κ1) is 20.3. The van der Waals surface area contributed by atoms with Crippen molar-refractivity contribution in [3.8, 4) is 28.2 Å². The van der Waals surface area contributed by atoms with Gasteiger partial charge in [-0.2, -0.15) is 5.10 Å². The van der Waals surface area contributed by atoms with Crippen molar-refractivity contribution in [1.29, 1.82) is 0 Å². The number of nitrogens with zero attached hydrogens (tertiary/aromatic N) is 5. The summed E-state index contributed by atoms with van der Waals surface area (Å²) in [5, 5.41) is 13.3. The summed E-state index contributed by atoms with van der Waals surface area (Å²) in [5.74, 6) is 0. The molecule has 0 spiro atoms. The van der Waals surface area contributed by atoms with Crippen LogP contribution < -0.4 is 5.32 Å². The fourth-order valence-corrected chi connectivity index (χ4v) is 4.33. The third-order valence-corrected chi connectivity index (χ3v) is 6.04. The third kappa shape index (κ3) is 3.54. The number of nitrogens with one attached hydrogen (secondary N) is 3. The highest BCUT2D eigenvalue weighted by Gasteiger charge is 2.15. The van der Waals surface area contributed by atoms with Gasteiger partial charge in [-0.05, 0) is 48.9 Å². The van der Waals surface area contributed by atoms with Gasteiger partial charge < -0.3 is 14.9 Å². The van der Waals surface area contributed by atoms with Crippen LogP contribution in [0.3, 0.4) is 0 Å². The summed E-state index contributed by atoms with van der Waals surface area (Å²) < 4.78 is 2.00. The molecular weight excluding hydrogens is 424 g/mol. The molecule has 6 rings (SSSR count). The van der Waals surface area contributed by atoms with Crippen LogP contribution >= 0.6 is 0 Å². The Labute approximate surface area is 196 Å². The summed E-state index contributed by atoms with van der Waals surface area (Å²) in [6.07, 6.45) is 11.3. The summed E-state index contributed by atoms with van der Waals surface area (Å²) >= 11 is 0. The molecular formula is C26H24N8. The van der Waals surface area contributed by atoms with Gasteiger partial charge in [-0.15, -0.1) is 0 Å². The molecule has 0 aliphatic heterocycles. The number of aromatic amines is 2. The fraction of sp³-hybridized carbons (Fsp3) is 0.154. The number of rotatable bonds is 6. The fourth-order valence-electron chi connectivity index (χ4n) is 4.33. The second-order valence-corrected chi connectivity index (χ2v) is 8.42. The van der Waals surface area contributed by atoms with Crippen molar-refractivity contribution in [2.75, 3.05) is 6.54 Å². The summed E-state index contributed by atoms with van der Waals surface area (Å²) in [6.45, 7) is 5.81. The zero-order valence-electron chi connectivity index (χ0n) is 19.0. The van der Waals surface area contributed by atoms with Crippen molar-refractivity contribution in [3.05, 3.63) is 78.9 Å². The van der Waals surface area contributed by atoms with Crippen molar-refractivity contribution in [1.82, 2.24) is 40.0 Å². The lowest BCUT2D eigenvalue weighted by Crippen LogP contribution is -2.11. The van der Waals surface area contributed by atoms with Gasteiger partial charge in [0.25, 0.3) is 0 Å². The quantitative estimate of drug-likeness (QED) is 0.341. The van der Waals surface area contributed by atoms with Gasteiger partial charge in [0, 0.05) is 41.5 Å². The zero-order chi connectivity index (χ0) is 23.1. The predicted octanol–water partition coefficient (Wildman–Crippen LogP) is 4.77. The molecule has 0 aliphatic carbocycles. The van der Waals surface area contributed by atoms with E-state index in [9.17, 15) is 0 Å². The molecule has 0 amide bonds. The number of pyridine rings is 2. The van der Waals surface area contributed by atoms with Crippen LogP contribution in [0.1, 0.15) is 18.2 Å². The van der Waals surface area contributed by atoms with E-state index in [1.165, 1.54) is 0 Å². The molecule has 6 aromatic rings. The van der Waals surface area contributed by atoms with Crippen molar-refractivity contribution in [3.63, 3.8) is 0 Å². The van der Waals surface area contributed by atoms with Gasteiger partial charge >= 0.3 is 0 Å². The average molecular weight is 449 g/mol. The summed E-state index contributed by atoms with van der Waals surface area (Å²) in [5.41, 5.74) is 9.03. The van der Waals surface area contributed by atoms with E-state index >= 15 is 0 Å². The molecule has 1 aromatic carbocycles. The first-order chi connectivity index (χ1) is 16.7. The third-order valence-electron chi connectivity index (χ3n) is 6.04. The molecule has 8 heteroatoms. The predicted molar refractivity (Wildman–Crippen MR) is 134 cm³/mol. The van der Waals surface area contributed by atoms with Gasteiger partial charge in [-0.25, -0.2) is 4.98 Å². The zero-order valence-corrected chi connectivity index (χ0v) is 19.0. The van der Waals surface area contributed by atoms with Crippen molar-refractivity contribution < 1.29 is 0 Å². The smallest absolute Gasteiger partial charge is 0.116 e. The van der Waals surface area contributed by atoms with E-state index in [0.29, 0.717) is 0 Å². The molecule has 0 fully saturated rings. The minimum absolute atomic E-state index is 0.804. The first-order valence-corrected chi connectivity index (χ1v) is 11.3. The topological polar surface area (TPSA) is 100 Å². The standard InChI is InChI=1S/C26H24N8/c1-3-27-9-17-6-19(11-28-10-17)18-4-5-22-21(7-18)26(33-32-22)23-8-20-24(31-23)12-29-13-25(20)34-14-16(2)30-15-34/h4-8,10-15,27,31H,3,9H2,1-2H3,(H,32,33). The highest BCUT2D eigenvalue weighted by Crippen LogP contribution is 2.33. The minimum Gasteiger partial charge on any atom is -0.352 e.